The van der Waals surface area contributed by atoms with Gasteiger partial charge in [0, 0.05) is 0 Å². The molecule has 1 unspecified atom stereocenters. The molecule has 94 valence electrons. The summed E-state index contributed by atoms with van der Waals surface area (Å²) in [6.45, 7) is 3.68. The number of rotatable bonds is 3. The first-order valence-corrected chi connectivity index (χ1v) is 7.42. The van der Waals surface area contributed by atoms with Gasteiger partial charge in [-0.3, -0.25) is 0 Å². The molecule has 18 heavy (non-hydrogen) atoms. The van der Waals surface area contributed by atoms with Gasteiger partial charge in [0.1, 0.15) is 0 Å². The smallest absolute Gasteiger partial charge is 0.185 e. The summed E-state index contributed by atoms with van der Waals surface area (Å²) in [5.41, 5.74) is 1.87. The van der Waals surface area contributed by atoms with Crippen LogP contribution in [0.4, 0.5) is 0 Å². The Kier molecular flexibility index (Phi) is 3.53. The summed E-state index contributed by atoms with van der Waals surface area (Å²) in [6, 6.07) is 16.2. The lowest BCUT2D eigenvalue weighted by Crippen LogP contribution is -2.11. The van der Waals surface area contributed by atoms with Crippen LogP contribution < -0.4 is 0 Å². The summed E-state index contributed by atoms with van der Waals surface area (Å²) >= 11 is 0. The van der Waals surface area contributed by atoms with Crippen molar-refractivity contribution in [2.75, 3.05) is 0 Å². The molecular formula is C15H16O2S. The summed E-state index contributed by atoms with van der Waals surface area (Å²) in [5, 5.41) is -0.527. The monoisotopic (exact) mass is 260 g/mol. The van der Waals surface area contributed by atoms with Crippen molar-refractivity contribution in [3.63, 3.8) is 0 Å². The van der Waals surface area contributed by atoms with Gasteiger partial charge >= 0.3 is 0 Å². The number of aryl methyl sites for hydroxylation is 1. The van der Waals surface area contributed by atoms with E-state index < -0.39 is 15.1 Å². The third-order valence-electron chi connectivity index (χ3n) is 3.16. The molecule has 3 heteroatoms. The van der Waals surface area contributed by atoms with Crippen molar-refractivity contribution in [2.45, 2.75) is 24.0 Å². The molecule has 0 bridgehead atoms. The number of benzene rings is 2. The molecule has 2 nitrogen and oxygen atoms in total. The topological polar surface area (TPSA) is 34.1 Å². The summed E-state index contributed by atoms with van der Waals surface area (Å²) in [5.74, 6) is 0. The Morgan fingerprint density at radius 3 is 2.06 bits per heavy atom. The zero-order chi connectivity index (χ0) is 13.2. The van der Waals surface area contributed by atoms with E-state index in [0.29, 0.717) is 4.90 Å². The standard InChI is InChI=1S/C15H16O2S/c1-12-8-6-7-11-15(12)13(2)18(16,17)14-9-4-3-5-10-14/h3-11,13H,1-2H3. The Morgan fingerprint density at radius 2 is 1.44 bits per heavy atom. The van der Waals surface area contributed by atoms with Gasteiger partial charge in [-0.15, -0.1) is 0 Å². The van der Waals surface area contributed by atoms with Crippen molar-refractivity contribution < 1.29 is 8.42 Å². The molecule has 1 atom stereocenters. The van der Waals surface area contributed by atoms with Crippen molar-refractivity contribution in [3.8, 4) is 0 Å². The maximum absolute atomic E-state index is 12.5. The second kappa shape index (κ2) is 4.94. The molecule has 0 spiro atoms. The predicted molar refractivity (Wildman–Crippen MR) is 73.2 cm³/mol. The van der Waals surface area contributed by atoms with Crippen molar-refractivity contribution in [3.05, 3.63) is 65.7 Å². The second-order valence-corrected chi connectivity index (χ2v) is 6.63. The van der Waals surface area contributed by atoms with E-state index in [1.165, 1.54) is 0 Å². The zero-order valence-corrected chi connectivity index (χ0v) is 11.3. The molecule has 0 saturated carbocycles. The minimum absolute atomic E-state index is 0.376. The third kappa shape index (κ3) is 2.31. The molecular weight excluding hydrogens is 244 g/mol. The summed E-state index contributed by atoms with van der Waals surface area (Å²) in [4.78, 5) is 0.376. The zero-order valence-electron chi connectivity index (χ0n) is 10.5. The Bertz CT molecular complexity index is 631. The lowest BCUT2D eigenvalue weighted by atomic mass is 10.1. The van der Waals surface area contributed by atoms with Crippen LogP contribution in [-0.2, 0) is 9.84 Å². The molecule has 0 fully saturated rings. The predicted octanol–water partition coefficient (Wildman–Crippen LogP) is 3.53. The molecule has 0 aliphatic heterocycles. The van der Waals surface area contributed by atoms with Crippen molar-refractivity contribution >= 4 is 9.84 Å². The highest BCUT2D eigenvalue weighted by atomic mass is 32.2. The van der Waals surface area contributed by atoms with Gasteiger partial charge in [-0.05, 0) is 37.1 Å². The van der Waals surface area contributed by atoms with Gasteiger partial charge < -0.3 is 0 Å². The molecule has 0 saturated heterocycles. The lowest BCUT2D eigenvalue weighted by Gasteiger charge is -2.15. The maximum Gasteiger partial charge on any atom is 0.185 e. The molecule has 0 aromatic heterocycles. The van der Waals surface area contributed by atoms with Gasteiger partial charge in [0.15, 0.2) is 9.84 Å². The maximum atomic E-state index is 12.5. The number of hydrogen-bond donors (Lipinski definition) is 0. The molecule has 2 aromatic carbocycles. The largest absolute Gasteiger partial charge is 0.223 e. The average molecular weight is 260 g/mol. The van der Waals surface area contributed by atoms with E-state index in [4.69, 9.17) is 0 Å². The Balaban J connectivity index is 2.47. The van der Waals surface area contributed by atoms with Crippen LogP contribution >= 0.6 is 0 Å². The minimum atomic E-state index is -3.31. The lowest BCUT2D eigenvalue weighted by molar-refractivity contribution is 0.586. The van der Waals surface area contributed by atoms with Crippen LogP contribution in [0.2, 0.25) is 0 Å². The molecule has 0 radical (unpaired) electrons. The third-order valence-corrected chi connectivity index (χ3v) is 5.28. The summed E-state index contributed by atoms with van der Waals surface area (Å²) < 4.78 is 25.0. The fourth-order valence-corrected chi connectivity index (χ4v) is 3.57. The van der Waals surface area contributed by atoms with Crippen LogP contribution in [0.1, 0.15) is 23.3 Å². The van der Waals surface area contributed by atoms with Crippen molar-refractivity contribution in [1.29, 1.82) is 0 Å². The minimum Gasteiger partial charge on any atom is -0.223 e. The Hall–Kier alpha value is -1.61. The first-order chi connectivity index (χ1) is 8.53. The van der Waals surface area contributed by atoms with Crippen molar-refractivity contribution in [1.82, 2.24) is 0 Å². The fraction of sp³-hybridized carbons (Fsp3) is 0.200. The van der Waals surface area contributed by atoms with Crippen LogP contribution in [-0.4, -0.2) is 8.42 Å². The van der Waals surface area contributed by atoms with Gasteiger partial charge in [0.25, 0.3) is 0 Å². The van der Waals surface area contributed by atoms with Gasteiger partial charge in [0.2, 0.25) is 0 Å². The van der Waals surface area contributed by atoms with Crippen LogP contribution in [0.3, 0.4) is 0 Å². The van der Waals surface area contributed by atoms with E-state index in [9.17, 15) is 8.42 Å². The highest BCUT2D eigenvalue weighted by molar-refractivity contribution is 7.91. The molecule has 0 amide bonds. The molecule has 0 heterocycles. The summed E-state index contributed by atoms with van der Waals surface area (Å²) in [6.07, 6.45) is 0. The molecule has 2 aromatic rings. The molecule has 0 aliphatic carbocycles. The highest BCUT2D eigenvalue weighted by Crippen LogP contribution is 2.29. The first-order valence-electron chi connectivity index (χ1n) is 5.88. The van der Waals surface area contributed by atoms with Crippen LogP contribution in [0, 0.1) is 6.92 Å². The molecule has 2 rings (SSSR count). The highest BCUT2D eigenvalue weighted by Gasteiger charge is 2.25. The number of hydrogen-bond acceptors (Lipinski definition) is 2. The van der Waals surface area contributed by atoms with E-state index in [1.54, 1.807) is 31.2 Å². The van der Waals surface area contributed by atoms with E-state index >= 15 is 0 Å². The van der Waals surface area contributed by atoms with Gasteiger partial charge in [-0.2, -0.15) is 0 Å². The van der Waals surface area contributed by atoms with Gasteiger partial charge in [-0.1, -0.05) is 42.5 Å². The Morgan fingerprint density at radius 1 is 0.889 bits per heavy atom. The van der Waals surface area contributed by atoms with Crippen molar-refractivity contribution in [2.24, 2.45) is 0 Å². The van der Waals surface area contributed by atoms with E-state index in [0.717, 1.165) is 11.1 Å². The van der Waals surface area contributed by atoms with Crippen LogP contribution in [0.25, 0.3) is 0 Å². The first kappa shape index (κ1) is 12.8. The number of sulfone groups is 1. The normalized spacial score (nSPS) is 13.2. The molecule has 0 aliphatic rings. The Labute approximate surface area is 108 Å². The van der Waals surface area contributed by atoms with Gasteiger partial charge in [0.05, 0.1) is 10.1 Å². The summed E-state index contributed by atoms with van der Waals surface area (Å²) in [7, 11) is -3.31. The van der Waals surface area contributed by atoms with E-state index in [-0.39, 0.29) is 0 Å². The van der Waals surface area contributed by atoms with Crippen LogP contribution in [0.5, 0.6) is 0 Å². The van der Waals surface area contributed by atoms with E-state index in [2.05, 4.69) is 0 Å². The fourth-order valence-electron chi connectivity index (χ4n) is 2.02. The second-order valence-electron chi connectivity index (χ2n) is 4.36. The average Bonchev–Trinajstić information content (AvgIpc) is 2.39. The van der Waals surface area contributed by atoms with Gasteiger partial charge in [-0.25, -0.2) is 8.42 Å². The molecule has 0 N–H and O–H groups in total. The van der Waals surface area contributed by atoms with E-state index in [1.807, 2.05) is 37.3 Å². The SMILES string of the molecule is Cc1ccccc1C(C)S(=O)(=O)c1ccccc1. The van der Waals surface area contributed by atoms with Crippen LogP contribution in [0.15, 0.2) is 59.5 Å². The quantitative estimate of drug-likeness (QED) is 0.846.